The minimum atomic E-state index is -0.274. The van der Waals surface area contributed by atoms with Gasteiger partial charge in [-0.1, -0.05) is 0 Å². The molecule has 3 heteroatoms. The van der Waals surface area contributed by atoms with Gasteiger partial charge in [-0.15, -0.1) is 0 Å². The largest absolute Gasteiger partial charge is 0.301 e. The zero-order valence-corrected chi connectivity index (χ0v) is 11.5. The van der Waals surface area contributed by atoms with Crippen molar-refractivity contribution in [3.05, 3.63) is 0 Å². The Morgan fingerprint density at radius 3 is 2.00 bits per heavy atom. The number of nitrogens with one attached hydrogen (secondary N) is 1. The van der Waals surface area contributed by atoms with Gasteiger partial charge in [0.1, 0.15) is 5.54 Å². The SMILES string of the molecule is CNC(C#N)(CN(CC1CC1)CC1CC1)C1CC1. The Kier molecular flexibility index (Phi) is 3.34. The molecular weight excluding hydrogens is 222 g/mol. The van der Waals surface area contributed by atoms with Gasteiger partial charge in [0.15, 0.2) is 0 Å². The summed E-state index contributed by atoms with van der Waals surface area (Å²) >= 11 is 0. The third-order valence-corrected chi connectivity index (χ3v) is 4.82. The maximum Gasteiger partial charge on any atom is 0.122 e. The first-order valence-electron chi connectivity index (χ1n) is 7.58. The molecule has 0 aromatic heterocycles. The second kappa shape index (κ2) is 4.83. The Morgan fingerprint density at radius 1 is 1.11 bits per heavy atom. The van der Waals surface area contributed by atoms with Crippen LogP contribution in [0.2, 0.25) is 0 Å². The number of nitriles is 1. The Labute approximate surface area is 111 Å². The zero-order valence-electron chi connectivity index (χ0n) is 11.5. The van der Waals surface area contributed by atoms with Crippen LogP contribution in [0.15, 0.2) is 0 Å². The standard InChI is InChI=1S/C15H25N3/c1-17-15(10-16,14-6-7-14)11-18(8-12-2-3-12)9-13-4-5-13/h12-14,17H,2-9,11H2,1H3. The van der Waals surface area contributed by atoms with Gasteiger partial charge in [0, 0.05) is 19.6 Å². The van der Waals surface area contributed by atoms with Crippen molar-refractivity contribution >= 4 is 0 Å². The summed E-state index contributed by atoms with van der Waals surface area (Å²) < 4.78 is 0. The van der Waals surface area contributed by atoms with Crippen LogP contribution in [0.5, 0.6) is 0 Å². The molecule has 3 aliphatic rings. The third kappa shape index (κ3) is 2.87. The van der Waals surface area contributed by atoms with E-state index in [-0.39, 0.29) is 5.54 Å². The fourth-order valence-corrected chi connectivity index (χ4v) is 3.06. The van der Waals surface area contributed by atoms with Gasteiger partial charge in [0.05, 0.1) is 6.07 Å². The van der Waals surface area contributed by atoms with Crippen LogP contribution in [0.3, 0.4) is 0 Å². The molecule has 0 bridgehead atoms. The lowest BCUT2D eigenvalue weighted by Crippen LogP contribution is -2.53. The second-order valence-electron chi connectivity index (χ2n) is 6.69. The molecule has 0 amide bonds. The van der Waals surface area contributed by atoms with Gasteiger partial charge in [-0.2, -0.15) is 5.26 Å². The van der Waals surface area contributed by atoms with Gasteiger partial charge in [0.2, 0.25) is 0 Å². The molecule has 0 aromatic rings. The fourth-order valence-electron chi connectivity index (χ4n) is 3.06. The average Bonchev–Trinajstić information content (AvgIpc) is 3.21. The highest BCUT2D eigenvalue weighted by atomic mass is 15.2. The van der Waals surface area contributed by atoms with E-state index >= 15 is 0 Å². The lowest BCUT2D eigenvalue weighted by atomic mass is 9.94. The molecule has 1 unspecified atom stereocenters. The summed E-state index contributed by atoms with van der Waals surface area (Å²) in [5, 5.41) is 12.9. The van der Waals surface area contributed by atoms with Gasteiger partial charge in [-0.3, -0.25) is 4.90 Å². The number of hydrogen-bond acceptors (Lipinski definition) is 3. The van der Waals surface area contributed by atoms with E-state index in [0.29, 0.717) is 5.92 Å². The molecule has 18 heavy (non-hydrogen) atoms. The van der Waals surface area contributed by atoms with Crippen molar-refractivity contribution in [3.63, 3.8) is 0 Å². The number of rotatable bonds is 8. The van der Waals surface area contributed by atoms with E-state index in [1.165, 1.54) is 51.6 Å². The van der Waals surface area contributed by atoms with Crippen molar-refractivity contribution in [2.45, 2.75) is 44.1 Å². The number of hydrogen-bond donors (Lipinski definition) is 1. The van der Waals surface area contributed by atoms with Gasteiger partial charge in [0.25, 0.3) is 0 Å². The van der Waals surface area contributed by atoms with E-state index in [1.54, 1.807) is 0 Å². The maximum atomic E-state index is 9.60. The van der Waals surface area contributed by atoms with Gasteiger partial charge in [-0.05, 0) is 63.3 Å². The fraction of sp³-hybridized carbons (Fsp3) is 0.933. The molecule has 3 saturated carbocycles. The molecule has 3 fully saturated rings. The highest BCUT2D eigenvalue weighted by molar-refractivity contribution is 5.16. The Morgan fingerprint density at radius 2 is 1.67 bits per heavy atom. The Balaban J connectivity index is 1.62. The molecule has 3 aliphatic carbocycles. The van der Waals surface area contributed by atoms with Crippen LogP contribution in [-0.4, -0.2) is 37.1 Å². The van der Waals surface area contributed by atoms with Crippen molar-refractivity contribution in [2.24, 2.45) is 17.8 Å². The maximum absolute atomic E-state index is 9.60. The van der Waals surface area contributed by atoms with E-state index in [0.717, 1.165) is 18.4 Å². The molecule has 0 aliphatic heterocycles. The second-order valence-corrected chi connectivity index (χ2v) is 6.69. The molecule has 0 saturated heterocycles. The van der Waals surface area contributed by atoms with Crippen LogP contribution in [0.4, 0.5) is 0 Å². The molecule has 3 rings (SSSR count). The summed E-state index contributed by atoms with van der Waals surface area (Å²) in [6.45, 7) is 3.40. The van der Waals surface area contributed by atoms with Gasteiger partial charge in [-0.25, -0.2) is 0 Å². The molecular formula is C15H25N3. The predicted octanol–water partition coefficient (Wildman–Crippen LogP) is 2.00. The van der Waals surface area contributed by atoms with Crippen molar-refractivity contribution in [2.75, 3.05) is 26.7 Å². The molecule has 0 spiro atoms. The van der Waals surface area contributed by atoms with Crippen LogP contribution in [0, 0.1) is 29.1 Å². The molecule has 0 radical (unpaired) electrons. The normalized spacial score (nSPS) is 26.9. The average molecular weight is 247 g/mol. The van der Waals surface area contributed by atoms with Crippen LogP contribution >= 0.6 is 0 Å². The smallest absolute Gasteiger partial charge is 0.122 e. The quantitative estimate of drug-likeness (QED) is 0.713. The van der Waals surface area contributed by atoms with Gasteiger partial charge < -0.3 is 5.32 Å². The topological polar surface area (TPSA) is 39.1 Å². The van der Waals surface area contributed by atoms with Crippen molar-refractivity contribution in [1.82, 2.24) is 10.2 Å². The minimum absolute atomic E-state index is 0.274. The van der Waals surface area contributed by atoms with Crippen molar-refractivity contribution in [1.29, 1.82) is 5.26 Å². The Hall–Kier alpha value is -0.590. The van der Waals surface area contributed by atoms with Crippen molar-refractivity contribution in [3.8, 4) is 6.07 Å². The highest BCUT2D eigenvalue weighted by Crippen LogP contribution is 2.41. The highest BCUT2D eigenvalue weighted by Gasteiger charge is 2.46. The monoisotopic (exact) mass is 247 g/mol. The van der Waals surface area contributed by atoms with Crippen LogP contribution in [0.1, 0.15) is 38.5 Å². The van der Waals surface area contributed by atoms with Gasteiger partial charge >= 0.3 is 0 Å². The number of nitrogens with zero attached hydrogens (tertiary/aromatic N) is 2. The minimum Gasteiger partial charge on any atom is -0.301 e. The summed E-state index contributed by atoms with van der Waals surface area (Å²) in [5.41, 5.74) is -0.274. The molecule has 1 atom stereocenters. The van der Waals surface area contributed by atoms with E-state index < -0.39 is 0 Å². The van der Waals surface area contributed by atoms with E-state index in [4.69, 9.17) is 0 Å². The lowest BCUT2D eigenvalue weighted by Gasteiger charge is -2.33. The van der Waals surface area contributed by atoms with E-state index in [9.17, 15) is 5.26 Å². The zero-order chi connectivity index (χ0) is 12.6. The first kappa shape index (κ1) is 12.4. The molecule has 3 nitrogen and oxygen atoms in total. The van der Waals surface area contributed by atoms with Crippen LogP contribution in [-0.2, 0) is 0 Å². The molecule has 0 aromatic carbocycles. The lowest BCUT2D eigenvalue weighted by molar-refractivity contribution is 0.188. The van der Waals surface area contributed by atoms with Crippen molar-refractivity contribution < 1.29 is 0 Å². The molecule has 0 heterocycles. The predicted molar refractivity (Wildman–Crippen MR) is 72.0 cm³/mol. The summed E-state index contributed by atoms with van der Waals surface area (Å²) in [7, 11) is 1.97. The summed E-state index contributed by atoms with van der Waals surface area (Å²) in [6, 6.07) is 2.59. The molecule has 1 N–H and O–H groups in total. The number of likely N-dealkylation sites (N-methyl/N-ethyl adjacent to an activating group) is 1. The van der Waals surface area contributed by atoms with Crippen LogP contribution in [0.25, 0.3) is 0 Å². The van der Waals surface area contributed by atoms with E-state index in [1.807, 2.05) is 7.05 Å². The first-order chi connectivity index (χ1) is 8.75. The summed E-state index contributed by atoms with van der Waals surface area (Å²) in [5.74, 6) is 2.45. The Bertz CT molecular complexity index is 322. The summed E-state index contributed by atoms with van der Waals surface area (Å²) in [4.78, 5) is 2.59. The first-order valence-corrected chi connectivity index (χ1v) is 7.58. The van der Waals surface area contributed by atoms with E-state index in [2.05, 4.69) is 16.3 Å². The molecule has 100 valence electrons. The third-order valence-electron chi connectivity index (χ3n) is 4.82. The summed E-state index contributed by atoms with van der Waals surface area (Å²) in [6.07, 6.45) is 8.09. The van der Waals surface area contributed by atoms with Crippen LogP contribution < -0.4 is 5.32 Å².